The Bertz CT molecular complexity index is 1840. The van der Waals surface area contributed by atoms with Crippen LogP contribution < -0.4 is 15.4 Å². The Morgan fingerprint density at radius 3 is 2.40 bits per heavy atom. The highest BCUT2D eigenvalue weighted by atomic mass is 32.1. The highest BCUT2D eigenvalue weighted by Gasteiger charge is 2.35. The first-order chi connectivity index (χ1) is 21.2. The minimum Gasteiger partial charge on any atom is -0.496 e. The van der Waals surface area contributed by atoms with Crippen molar-refractivity contribution >= 4 is 50.3 Å². The van der Waals surface area contributed by atoms with Gasteiger partial charge in [-0.15, -0.1) is 11.3 Å². The Morgan fingerprint density at radius 2 is 1.76 bits per heavy atom. The number of amides is 2. The molecule has 1 unspecified atom stereocenters. The van der Waals surface area contributed by atoms with Gasteiger partial charge in [0.05, 0.1) is 41.8 Å². The van der Waals surface area contributed by atoms with Gasteiger partial charge in [0.15, 0.2) is 6.10 Å². The molecule has 3 aromatic carbocycles. The Balaban J connectivity index is 1.54. The highest BCUT2D eigenvalue weighted by Crippen LogP contribution is 2.41. The molecule has 5 rings (SSSR count). The lowest BCUT2D eigenvalue weighted by atomic mass is 10.0. The van der Waals surface area contributed by atoms with Gasteiger partial charge in [0, 0.05) is 27.8 Å². The van der Waals surface area contributed by atoms with Crippen molar-refractivity contribution in [3.8, 4) is 5.75 Å². The van der Waals surface area contributed by atoms with Crippen LogP contribution in [0, 0.1) is 5.82 Å². The molecule has 16 heteroatoms. The van der Waals surface area contributed by atoms with Gasteiger partial charge >= 0.3 is 12.4 Å². The van der Waals surface area contributed by atoms with Crippen molar-refractivity contribution in [2.75, 3.05) is 24.4 Å². The van der Waals surface area contributed by atoms with Gasteiger partial charge in [0.2, 0.25) is 0 Å². The second-order valence-corrected chi connectivity index (χ2v) is 10.7. The average molecular weight is 656 g/mol. The number of nitrogens with zero attached hydrogens (tertiary/aromatic N) is 1. The number of ether oxygens (including phenoxy) is 1. The lowest BCUT2D eigenvalue weighted by molar-refractivity contribution is -0.140. The van der Waals surface area contributed by atoms with E-state index in [4.69, 9.17) is 9.57 Å². The van der Waals surface area contributed by atoms with E-state index in [1.807, 2.05) is 0 Å². The lowest BCUT2D eigenvalue weighted by Crippen LogP contribution is -2.18. The van der Waals surface area contributed by atoms with Gasteiger partial charge in [-0.25, -0.2) is 4.39 Å². The molecule has 4 aromatic rings. The smallest absolute Gasteiger partial charge is 0.419 e. The van der Waals surface area contributed by atoms with E-state index in [-0.39, 0.29) is 45.0 Å². The molecule has 0 bridgehead atoms. The van der Waals surface area contributed by atoms with Gasteiger partial charge in [-0.05, 0) is 48.5 Å². The number of thiophene rings is 1. The summed E-state index contributed by atoms with van der Waals surface area (Å²) in [6, 6.07) is 8.77. The average Bonchev–Trinajstić information content (AvgIpc) is 3.61. The molecule has 45 heavy (non-hydrogen) atoms. The highest BCUT2D eigenvalue weighted by molar-refractivity contribution is 7.21. The normalized spacial score (nSPS) is 15.0. The van der Waals surface area contributed by atoms with E-state index in [0.29, 0.717) is 34.7 Å². The third-order valence-electron chi connectivity index (χ3n) is 6.71. The van der Waals surface area contributed by atoms with Crippen LogP contribution in [0.5, 0.6) is 5.75 Å². The van der Waals surface area contributed by atoms with E-state index in [9.17, 15) is 45.4 Å². The number of fused-ring (bicyclic) bond motifs is 1. The SMILES string of the molecule is COc1ccc(C2=NOC(CO)C2)cc1C(=O)Nc1c(C(=O)Nc2ccc(F)c(C(F)(F)F)c2)sc2cc(C(F)(F)F)ccc12. The van der Waals surface area contributed by atoms with E-state index in [0.717, 1.165) is 24.3 Å². The molecule has 0 saturated carbocycles. The minimum absolute atomic E-state index is 0.0380. The topological polar surface area (TPSA) is 109 Å². The van der Waals surface area contributed by atoms with Gasteiger partial charge in [-0.2, -0.15) is 26.3 Å². The van der Waals surface area contributed by atoms with Crippen LogP contribution >= 0.6 is 11.3 Å². The summed E-state index contributed by atoms with van der Waals surface area (Å²) in [4.78, 5) is 31.7. The number of hydrogen-bond donors (Lipinski definition) is 3. The summed E-state index contributed by atoms with van der Waals surface area (Å²) in [6.45, 7) is -0.294. The summed E-state index contributed by atoms with van der Waals surface area (Å²) < 4.78 is 99.1. The standard InChI is InChI=1S/C29H20F7N3O5S/c1-43-22-7-2-13(21-11-16(12-40)44-39-21)8-18(22)26(41)38-24-17-5-3-14(28(31,32)33)9-23(17)45-25(24)27(42)37-15-4-6-20(30)19(10-15)29(34,35)36/h2-10,16,40H,11-12H2,1H3,(H,37,42)(H,38,41). The number of alkyl halides is 6. The van der Waals surface area contributed by atoms with Crippen molar-refractivity contribution in [1.82, 2.24) is 0 Å². The molecule has 3 N–H and O–H groups in total. The summed E-state index contributed by atoms with van der Waals surface area (Å²) in [5, 5.41) is 18.0. The molecular weight excluding hydrogens is 635 g/mol. The number of aliphatic hydroxyl groups is 1. The molecule has 1 aromatic heterocycles. The van der Waals surface area contributed by atoms with Crippen molar-refractivity contribution in [3.63, 3.8) is 0 Å². The molecule has 0 aliphatic carbocycles. The zero-order valence-electron chi connectivity index (χ0n) is 22.8. The lowest BCUT2D eigenvalue weighted by Gasteiger charge is -2.13. The van der Waals surface area contributed by atoms with Crippen molar-refractivity contribution in [1.29, 1.82) is 0 Å². The number of carbonyl (C=O) groups excluding carboxylic acids is 2. The first-order valence-electron chi connectivity index (χ1n) is 12.8. The van der Waals surface area contributed by atoms with E-state index < -0.39 is 52.9 Å². The number of oxime groups is 1. The summed E-state index contributed by atoms with van der Waals surface area (Å²) in [5.74, 6) is -3.41. The first kappa shape index (κ1) is 31.7. The summed E-state index contributed by atoms with van der Waals surface area (Å²) >= 11 is 0.554. The molecule has 2 heterocycles. The zero-order chi connectivity index (χ0) is 32.7. The predicted molar refractivity (Wildman–Crippen MR) is 150 cm³/mol. The van der Waals surface area contributed by atoms with Crippen LogP contribution in [0.1, 0.15) is 43.1 Å². The maximum atomic E-state index is 13.8. The molecule has 8 nitrogen and oxygen atoms in total. The van der Waals surface area contributed by atoms with E-state index >= 15 is 0 Å². The van der Waals surface area contributed by atoms with E-state index in [2.05, 4.69) is 15.8 Å². The Kier molecular flexibility index (Phi) is 8.46. The van der Waals surface area contributed by atoms with Crippen molar-refractivity contribution in [3.05, 3.63) is 87.5 Å². The largest absolute Gasteiger partial charge is 0.496 e. The van der Waals surface area contributed by atoms with Gasteiger partial charge in [-0.1, -0.05) is 11.2 Å². The van der Waals surface area contributed by atoms with Gasteiger partial charge in [-0.3, -0.25) is 9.59 Å². The van der Waals surface area contributed by atoms with Crippen LogP contribution in [0.2, 0.25) is 0 Å². The summed E-state index contributed by atoms with van der Waals surface area (Å²) in [5.41, 5.74) is -2.55. The number of benzene rings is 3. The fourth-order valence-corrected chi connectivity index (χ4v) is 5.60. The maximum absolute atomic E-state index is 13.8. The molecule has 236 valence electrons. The molecule has 2 amide bonds. The monoisotopic (exact) mass is 655 g/mol. The second kappa shape index (κ2) is 12.0. The zero-order valence-corrected chi connectivity index (χ0v) is 23.6. The molecule has 0 fully saturated rings. The summed E-state index contributed by atoms with van der Waals surface area (Å²) in [7, 11) is 1.29. The van der Waals surface area contributed by atoms with E-state index in [1.165, 1.54) is 19.2 Å². The molecule has 0 radical (unpaired) electrons. The minimum atomic E-state index is -5.07. The number of rotatable bonds is 7. The van der Waals surface area contributed by atoms with Crippen molar-refractivity contribution in [2.24, 2.45) is 5.16 Å². The van der Waals surface area contributed by atoms with Crippen LogP contribution in [0.4, 0.5) is 42.1 Å². The van der Waals surface area contributed by atoms with Crippen LogP contribution in [0.3, 0.4) is 0 Å². The third kappa shape index (κ3) is 6.56. The number of carbonyl (C=O) groups is 2. The molecular formula is C29H20F7N3O5S. The number of aliphatic hydroxyl groups excluding tert-OH is 1. The number of methoxy groups -OCH3 is 1. The van der Waals surface area contributed by atoms with Gasteiger partial charge < -0.3 is 25.3 Å². The first-order valence-corrected chi connectivity index (χ1v) is 13.7. The molecule has 0 spiro atoms. The van der Waals surface area contributed by atoms with Crippen LogP contribution in [-0.4, -0.2) is 42.5 Å². The second-order valence-electron chi connectivity index (χ2n) is 9.68. The van der Waals surface area contributed by atoms with Crippen LogP contribution in [-0.2, 0) is 17.2 Å². The van der Waals surface area contributed by atoms with Gasteiger partial charge in [0.25, 0.3) is 11.8 Å². The third-order valence-corrected chi connectivity index (χ3v) is 7.86. The Labute approximate surface area is 253 Å². The van der Waals surface area contributed by atoms with E-state index in [1.54, 1.807) is 6.07 Å². The fraction of sp³-hybridized carbons (Fsp3) is 0.207. The molecule has 1 atom stereocenters. The van der Waals surface area contributed by atoms with Crippen LogP contribution in [0.25, 0.3) is 10.1 Å². The van der Waals surface area contributed by atoms with Gasteiger partial charge in [0.1, 0.15) is 16.4 Å². The maximum Gasteiger partial charge on any atom is 0.419 e. The quantitative estimate of drug-likeness (QED) is 0.185. The molecule has 1 aliphatic rings. The number of nitrogens with one attached hydrogen (secondary N) is 2. The Hall–Kier alpha value is -4.70. The fourth-order valence-electron chi connectivity index (χ4n) is 4.51. The van der Waals surface area contributed by atoms with Crippen LogP contribution in [0.15, 0.2) is 59.8 Å². The number of hydrogen-bond acceptors (Lipinski definition) is 7. The predicted octanol–water partition coefficient (Wildman–Crippen LogP) is 7.08. The van der Waals surface area contributed by atoms with Crippen molar-refractivity contribution in [2.45, 2.75) is 24.9 Å². The number of anilines is 2. The Morgan fingerprint density at radius 1 is 1.00 bits per heavy atom. The molecule has 1 aliphatic heterocycles. The van der Waals surface area contributed by atoms with Crippen molar-refractivity contribution < 1.29 is 55.0 Å². The molecule has 0 saturated heterocycles. The number of halogens is 7. The summed E-state index contributed by atoms with van der Waals surface area (Å²) in [6.07, 6.45) is -10.1.